The van der Waals surface area contributed by atoms with Crippen molar-refractivity contribution in [3.8, 4) is 0 Å². The zero-order valence-corrected chi connectivity index (χ0v) is 12.7. The van der Waals surface area contributed by atoms with Crippen molar-refractivity contribution in [1.29, 1.82) is 0 Å². The van der Waals surface area contributed by atoms with Gasteiger partial charge >= 0.3 is 6.03 Å². The number of hydrogen-bond acceptors (Lipinski definition) is 3. The fourth-order valence-electron chi connectivity index (χ4n) is 2.04. The quantitative estimate of drug-likeness (QED) is 0.893. The molecule has 0 bridgehead atoms. The average molecular weight is 284 g/mol. The maximum atomic E-state index is 12.0. The molecule has 0 radical (unpaired) electrons. The van der Waals surface area contributed by atoms with Gasteiger partial charge < -0.3 is 4.90 Å². The highest BCUT2D eigenvalue weighted by atomic mass is 32.2. The van der Waals surface area contributed by atoms with E-state index in [2.05, 4.69) is 26.1 Å². The summed E-state index contributed by atoms with van der Waals surface area (Å²) in [5, 5.41) is 6.41. The van der Waals surface area contributed by atoms with Crippen LogP contribution < -0.4 is 5.32 Å². The third-order valence-corrected chi connectivity index (χ3v) is 4.91. The lowest BCUT2D eigenvalue weighted by molar-refractivity contribution is 0.223. The van der Waals surface area contributed by atoms with Gasteiger partial charge in [-0.25, -0.2) is 4.79 Å². The SMILES string of the molecule is CC(C)(C)SC1CCN(C(=O)Nc2cccs2)C1. The number of anilines is 1. The van der Waals surface area contributed by atoms with Crippen LogP contribution in [0.15, 0.2) is 17.5 Å². The van der Waals surface area contributed by atoms with Crippen molar-refractivity contribution >= 4 is 34.1 Å². The second-order valence-corrected chi connectivity index (χ2v) is 8.57. The number of thiophene rings is 1. The first-order chi connectivity index (χ1) is 8.44. The van der Waals surface area contributed by atoms with Crippen LogP contribution in [0.4, 0.5) is 9.80 Å². The number of nitrogens with one attached hydrogen (secondary N) is 1. The van der Waals surface area contributed by atoms with Gasteiger partial charge in [0.05, 0.1) is 5.00 Å². The fraction of sp³-hybridized carbons (Fsp3) is 0.615. The number of hydrogen-bond donors (Lipinski definition) is 1. The molecule has 2 rings (SSSR count). The Bertz CT molecular complexity index is 398. The van der Waals surface area contributed by atoms with Gasteiger partial charge in [-0.05, 0) is 23.9 Å². The van der Waals surface area contributed by atoms with E-state index in [9.17, 15) is 4.79 Å². The van der Waals surface area contributed by atoms with E-state index in [0.29, 0.717) is 5.25 Å². The molecule has 1 fully saturated rings. The Balaban J connectivity index is 1.83. The molecule has 100 valence electrons. The van der Waals surface area contributed by atoms with E-state index < -0.39 is 0 Å². The minimum absolute atomic E-state index is 0.0365. The molecule has 0 aliphatic carbocycles. The van der Waals surface area contributed by atoms with Gasteiger partial charge in [-0.2, -0.15) is 11.8 Å². The minimum atomic E-state index is 0.0365. The summed E-state index contributed by atoms with van der Waals surface area (Å²) in [7, 11) is 0. The van der Waals surface area contributed by atoms with E-state index in [4.69, 9.17) is 0 Å². The average Bonchev–Trinajstić information content (AvgIpc) is 2.86. The molecule has 1 aliphatic rings. The van der Waals surface area contributed by atoms with Crippen LogP contribution in [0.1, 0.15) is 27.2 Å². The molecule has 1 unspecified atom stereocenters. The monoisotopic (exact) mass is 284 g/mol. The van der Waals surface area contributed by atoms with Crippen LogP contribution in [0.5, 0.6) is 0 Å². The lowest BCUT2D eigenvalue weighted by atomic mass is 10.3. The Labute approximate surface area is 117 Å². The summed E-state index contributed by atoms with van der Waals surface area (Å²) >= 11 is 3.53. The Morgan fingerprint density at radius 3 is 2.94 bits per heavy atom. The molecule has 0 saturated carbocycles. The minimum Gasteiger partial charge on any atom is -0.323 e. The van der Waals surface area contributed by atoms with Crippen molar-refractivity contribution in [1.82, 2.24) is 4.90 Å². The first-order valence-electron chi connectivity index (χ1n) is 6.21. The summed E-state index contributed by atoms with van der Waals surface area (Å²) in [6.07, 6.45) is 1.10. The van der Waals surface area contributed by atoms with Crippen molar-refractivity contribution in [2.45, 2.75) is 37.2 Å². The zero-order valence-electron chi connectivity index (χ0n) is 11.1. The molecule has 0 spiro atoms. The van der Waals surface area contributed by atoms with Gasteiger partial charge in [0.2, 0.25) is 0 Å². The summed E-state index contributed by atoms with van der Waals surface area (Å²) in [6, 6.07) is 3.91. The van der Waals surface area contributed by atoms with Crippen molar-refractivity contribution in [3.63, 3.8) is 0 Å². The Hall–Kier alpha value is -0.680. The van der Waals surface area contributed by atoms with Crippen LogP contribution in [0.3, 0.4) is 0 Å². The Kier molecular flexibility index (Phi) is 4.22. The number of nitrogens with zero attached hydrogens (tertiary/aromatic N) is 1. The molecule has 1 atom stereocenters. The first-order valence-corrected chi connectivity index (χ1v) is 7.97. The largest absolute Gasteiger partial charge is 0.323 e. The molecule has 1 aromatic rings. The molecule has 1 aliphatic heterocycles. The number of likely N-dealkylation sites (tertiary alicyclic amines) is 1. The second kappa shape index (κ2) is 5.53. The third-order valence-electron chi connectivity index (χ3n) is 2.70. The summed E-state index contributed by atoms with van der Waals surface area (Å²) in [5.74, 6) is 0. The lowest BCUT2D eigenvalue weighted by Crippen LogP contribution is -2.33. The van der Waals surface area contributed by atoms with Gasteiger partial charge in [-0.3, -0.25) is 5.32 Å². The molecule has 1 aromatic heterocycles. The number of rotatable bonds is 2. The van der Waals surface area contributed by atoms with Gasteiger partial charge in [0.15, 0.2) is 0 Å². The van der Waals surface area contributed by atoms with Crippen molar-refractivity contribution < 1.29 is 4.79 Å². The smallest absolute Gasteiger partial charge is 0.322 e. The highest BCUT2D eigenvalue weighted by Gasteiger charge is 2.29. The summed E-state index contributed by atoms with van der Waals surface area (Å²) in [5.41, 5.74) is 0. The summed E-state index contributed by atoms with van der Waals surface area (Å²) in [6.45, 7) is 8.41. The standard InChI is InChI=1S/C13H20N2OS2/c1-13(2,3)18-10-6-7-15(9-10)12(16)14-11-5-4-8-17-11/h4-5,8,10H,6-7,9H2,1-3H3,(H,14,16). The van der Waals surface area contributed by atoms with E-state index in [1.807, 2.05) is 34.2 Å². The maximum absolute atomic E-state index is 12.0. The molecule has 1 N–H and O–H groups in total. The maximum Gasteiger partial charge on any atom is 0.322 e. The first kappa shape index (κ1) is 13.7. The molecule has 5 heteroatoms. The van der Waals surface area contributed by atoms with Gasteiger partial charge in [0.1, 0.15) is 0 Å². The van der Waals surface area contributed by atoms with E-state index >= 15 is 0 Å². The third kappa shape index (κ3) is 3.92. The van der Waals surface area contributed by atoms with Crippen LogP contribution in [0.25, 0.3) is 0 Å². The summed E-state index contributed by atoms with van der Waals surface area (Å²) < 4.78 is 0.269. The van der Waals surface area contributed by atoms with E-state index in [1.165, 1.54) is 0 Å². The summed E-state index contributed by atoms with van der Waals surface area (Å²) in [4.78, 5) is 14.0. The number of carbonyl (C=O) groups is 1. The molecule has 3 nitrogen and oxygen atoms in total. The van der Waals surface area contributed by atoms with Crippen molar-refractivity contribution in [3.05, 3.63) is 17.5 Å². The highest BCUT2D eigenvalue weighted by Crippen LogP contribution is 2.33. The Morgan fingerprint density at radius 2 is 2.33 bits per heavy atom. The van der Waals surface area contributed by atoms with Crippen LogP contribution in [-0.2, 0) is 0 Å². The molecular weight excluding hydrogens is 264 g/mol. The van der Waals surface area contributed by atoms with Crippen LogP contribution >= 0.6 is 23.1 Å². The normalized spacial score (nSPS) is 20.2. The van der Waals surface area contributed by atoms with E-state index in [-0.39, 0.29) is 10.8 Å². The highest BCUT2D eigenvalue weighted by molar-refractivity contribution is 8.01. The number of urea groups is 1. The molecule has 2 heterocycles. The predicted molar refractivity (Wildman–Crippen MR) is 80.7 cm³/mol. The van der Waals surface area contributed by atoms with Crippen LogP contribution in [0.2, 0.25) is 0 Å². The van der Waals surface area contributed by atoms with Gasteiger partial charge in [-0.15, -0.1) is 11.3 Å². The number of thioether (sulfide) groups is 1. The van der Waals surface area contributed by atoms with Crippen molar-refractivity contribution in [2.75, 3.05) is 18.4 Å². The Morgan fingerprint density at radius 1 is 1.56 bits per heavy atom. The molecular formula is C13H20N2OS2. The van der Waals surface area contributed by atoms with Crippen LogP contribution in [-0.4, -0.2) is 34.0 Å². The van der Waals surface area contributed by atoms with Crippen molar-refractivity contribution in [2.24, 2.45) is 0 Å². The van der Waals surface area contributed by atoms with Gasteiger partial charge in [0, 0.05) is 23.1 Å². The molecule has 0 aromatic carbocycles. The van der Waals surface area contributed by atoms with Gasteiger partial charge in [0.25, 0.3) is 0 Å². The van der Waals surface area contributed by atoms with E-state index in [1.54, 1.807) is 11.3 Å². The topological polar surface area (TPSA) is 32.3 Å². The number of carbonyl (C=O) groups excluding carboxylic acids is 1. The molecule has 18 heavy (non-hydrogen) atoms. The van der Waals surface area contributed by atoms with Crippen LogP contribution in [0, 0.1) is 0 Å². The molecule has 1 saturated heterocycles. The fourth-order valence-corrected chi connectivity index (χ4v) is 4.13. The molecule has 2 amide bonds. The zero-order chi connectivity index (χ0) is 13.2. The predicted octanol–water partition coefficient (Wildman–Crippen LogP) is 3.89. The van der Waals surface area contributed by atoms with E-state index in [0.717, 1.165) is 24.5 Å². The van der Waals surface area contributed by atoms with Gasteiger partial charge in [-0.1, -0.05) is 20.8 Å². The second-order valence-electron chi connectivity index (χ2n) is 5.49. The number of amides is 2. The lowest BCUT2D eigenvalue weighted by Gasteiger charge is -2.23.